The second-order valence-electron chi connectivity index (χ2n) is 4.55. The van der Waals surface area contributed by atoms with Gasteiger partial charge in [0.1, 0.15) is 11.6 Å². The molecule has 2 aromatic rings. The first-order valence-corrected chi connectivity index (χ1v) is 8.17. The SMILES string of the molecule is CCNC(c1ccc(OC)c(Br)c1)c1cc(Br)ccc1F. The maximum absolute atomic E-state index is 14.2. The Morgan fingerprint density at radius 3 is 2.57 bits per heavy atom. The lowest BCUT2D eigenvalue weighted by Gasteiger charge is -2.20. The van der Waals surface area contributed by atoms with E-state index in [-0.39, 0.29) is 11.9 Å². The first-order valence-electron chi connectivity index (χ1n) is 6.58. The summed E-state index contributed by atoms with van der Waals surface area (Å²) in [5.41, 5.74) is 1.59. The topological polar surface area (TPSA) is 21.3 Å². The lowest BCUT2D eigenvalue weighted by Crippen LogP contribution is -2.23. The van der Waals surface area contributed by atoms with Crippen LogP contribution < -0.4 is 10.1 Å². The van der Waals surface area contributed by atoms with Crippen LogP contribution in [0.2, 0.25) is 0 Å². The fourth-order valence-corrected chi connectivity index (χ4v) is 3.15. The second kappa shape index (κ2) is 7.38. The number of benzene rings is 2. The summed E-state index contributed by atoms with van der Waals surface area (Å²) in [7, 11) is 1.62. The number of nitrogens with one attached hydrogen (secondary N) is 1. The molecule has 1 unspecified atom stereocenters. The van der Waals surface area contributed by atoms with Crippen LogP contribution in [-0.4, -0.2) is 13.7 Å². The van der Waals surface area contributed by atoms with E-state index in [1.165, 1.54) is 6.07 Å². The van der Waals surface area contributed by atoms with E-state index in [0.29, 0.717) is 5.56 Å². The summed E-state index contributed by atoms with van der Waals surface area (Å²) in [6.45, 7) is 2.74. The number of ether oxygens (including phenoxy) is 1. The van der Waals surface area contributed by atoms with Gasteiger partial charge in [-0.15, -0.1) is 0 Å². The van der Waals surface area contributed by atoms with Gasteiger partial charge in [0.05, 0.1) is 17.6 Å². The maximum atomic E-state index is 14.2. The lowest BCUT2D eigenvalue weighted by molar-refractivity contribution is 0.411. The number of hydrogen-bond donors (Lipinski definition) is 1. The molecule has 2 aromatic carbocycles. The van der Waals surface area contributed by atoms with Gasteiger partial charge in [-0.1, -0.05) is 28.9 Å². The summed E-state index contributed by atoms with van der Waals surface area (Å²) >= 11 is 6.88. The van der Waals surface area contributed by atoms with Crippen LogP contribution in [0.4, 0.5) is 4.39 Å². The molecule has 5 heteroatoms. The average molecular weight is 417 g/mol. The molecule has 0 bridgehead atoms. The van der Waals surface area contributed by atoms with Crippen LogP contribution in [0.5, 0.6) is 5.75 Å². The highest BCUT2D eigenvalue weighted by molar-refractivity contribution is 9.10. The summed E-state index contributed by atoms with van der Waals surface area (Å²) in [5.74, 6) is 0.528. The van der Waals surface area contributed by atoms with Gasteiger partial charge in [-0.05, 0) is 58.4 Å². The monoisotopic (exact) mass is 415 g/mol. The number of methoxy groups -OCH3 is 1. The fourth-order valence-electron chi connectivity index (χ4n) is 2.21. The van der Waals surface area contributed by atoms with Gasteiger partial charge in [0, 0.05) is 10.0 Å². The van der Waals surface area contributed by atoms with Crippen LogP contribution in [0.3, 0.4) is 0 Å². The van der Waals surface area contributed by atoms with Crippen molar-refractivity contribution in [2.45, 2.75) is 13.0 Å². The molecular formula is C16H16Br2FNO. The van der Waals surface area contributed by atoms with Gasteiger partial charge in [0.15, 0.2) is 0 Å². The van der Waals surface area contributed by atoms with Crippen molar-refractivity contribution in [2.75, 3.05) is 13.7 Å². The molecule has 2 rings (SSSR count). The van der Waals surface area contributed by atoms with Crippen LogP contribution in [0.15, 0.2) is 45.3 Å². The van der Waals surface area contributed by atoms with Crippen molar-refractivity contribution in [3.63, 3.8) is 0 Å². The molecule has 0 aliphatic heterocycles. The van der Waals surface area contributed by atoms with E-state index in [9.17, 15) is 4.39 Å². The van der Waals surface area contributed by atoms with Gasteiger partial charge in [-0.2, -0.15) is 0 Å². The normalized spacial score (nSPS) is 12.2. The molecule has 0 aliphatic rings. The van der Waals surface area contributed by atoms with Gasteiger partial charge in [0.2, 0.25) is 0 Å². The Balaban J connectivity index is 2.48. The Kier molecular flexibility index (Phi) is 5.79. The summed E-state index contributed by atoms with van der Waals surface area (Å²) < 4.78 is 21.1. The van der Waals surface area contributed by atoms with E-state index in [2.05, 4.69) is 37.2 Å². The van der Waals surface area contributed by atoms with E-state index >= 15 is 0 Å². The highest BCUT2D eigenvalue weighted by Gasteiger charge is 2.18. The molecule has 0 saturated carbocycles. The van der Waals surface area contributed by atoms with Crippen LogP contribution in [0.25, 0.3) is 0 Å². The van der Waals surface area contributed by atoms with Crippen molar-refractivity contribution in [3.05, 3.63) is 62.3 Å². The first kappa shape index (κ1) is 16.5. The molecule has 21 heavy (non-hydrogen) atoms. The van der Waals surface area contributed by atoms with Crippen molar-refractivity contribution < 1.29 is 9.13 Å². The third-order valence-electron chi connectivity index (χ3n) is 3.19. The molecule has 0 spiro atoms. The highest BCUT2D eigenvalue weighted by Crippen LogP contribution is 2.32. The Morgan fingerprint density at radius 2 is 1.95 bits per heavy atom. The Morgan fingerprint density at radius 1 is 1.19 bits per heavy atom. The van der Waals surface area contributed by atoms with E-state index in [0.717, 1.165) is 26.8 Å². The average Bonchev–Trinajstić information content (AvgIpc) is 2.47. The maximum Gasteiger partial charge on any atom is 0.133 e. The summed E-state index contributed by atoms with van der Waals surface area (Å²) in [5, 5.41) is 3.33. The fraction of sp³-hybridized carbons (Fsp3) is 0.250. The van der Waals surface area contributed by atoms with E-state index in [4.69, 9.17) is 4.74 Å². The van der Waals surface area contributed by atoms with Gasteiger partial charge in [-0.3, -0.25) is 0 Å². The molecule has 0 fully saturated rings. The molecule has 0 radical (unpaired) electrons. The van der Waals surface area contributed by atoms with Crippen molar-refractivity contribution in [1.29, 1.82) is 0 Å². The summed E-state index contributed by atoms with van der Waals surface area (Å²) in [6, 6.07) is 10.5. The summed E-state index contributed by atoms with van der Waals surface area (Å²) in [6.07, 6.45) is 0. The quantitative estimate of drug-likeness (QED) is 0.735. The third kappa shape index (κ3) is 3.84. The Bertz CT molecular complexity index is 634. The van der Waals surface area contributed by atoms with Crippen molar-refractivity contribution in [3.8, 4) is 5.75 Å². The van der Waals surface area contributed by atoms with Crippen LogP contribution in [0, 0.1) is 5.82 Å². The first-order chi connectivity index (χ1) is 10.1. The Labute approximate surface area is 141 Å². The zero-order valence-electron chi connectivity index (χ0n) is 11.8. The van der Waals surface area contributed by atoms with Gasteiger partial charge >= 0.3 is 0 Å². The van der Waals surface area contributed by atoms with E-state index in [1.54, 1.807) is 19.2 Å². The molecule has 0 amide bonds. The minimum absolute atomic E-state index is 0.213. The van der Waals surface area contributed by atoms with Crippen molar-refractivity contribution in [2.24, 2.45) is 0 Å². The van der Waals surface area contributed by atoms with Crippen molar-refractivity contribution in [1.82, 2.24) is 5.32 Å². The molecule has 112 valence electrons. The molecule has 0 heterocycles. The van der Waals surface area contributed by atoms with Crippen LogP contribution >= 0.6 is 31.9 Å². The predicted molar refractivity (Wildman–Crippen MR) is 90.3 cm³/mol. The van der Waals surface area contributed by atoms with E-state index < -0.39 is 0 Å². The molecular weight excluding hydrogens is 401 g/mol. The zero-order valence-corrected chi connectivity index (χ0v) is 15.0. The van der Waals surface area contributed by atoms with E-state index in [1.807, 2.05) is 25.1 Å². The zero-order chi connectivity index (χ0) is 15.4. The largest absolute Gasteiger partial charge is 0.496 e. The van der Waals surface area contributed by atoms with Crippen LogP contribution in [0.1, 0.15) is 24.1 Å². The molecule has 1 N–H and O–H groups in total. The highest BCUT2D eigenvalue weighted by atomic mass is 79.9. The second-order valence-corrected chi connectivity index (χ2v) is 6.32. The smallest absolute Gasteiger partial charge is 0.133 e. The molecule has 0 aliphatic carbocycles. The number of rotatable bonds is 5. The van der Waals surface area contributed by atoms with Crippen LogP contribution in [-0.2, 0) is 0 Å². The third-order valence-corrected chi connectivity index (χ3v) is 4.30. The lowest BCUT2D eigenvalue weighted by atomic mass is 9.98. The van der Waals surface area contributed by atoms with Crippen molar-refractivity contribution >= 4 is 31.9 Å². The molecule has 0 aromatic heterocycles. The molecule has 0 saturated heterocycles. The summed E-state index contributed by atoms with van der Waals surface area (Å²) in [4.78, 5) is 0. The predicted octanol–water partition coefficient (Wildman–Crippen LogP) is 5.06. The number of hydrogen-bond acceptors (Lipinski definition) is 2. The number of halogens is 3. The van der Waals surface area contributed by atoms with Gasteiger partial charge < -0.3 is 10.1 Å². The Hall–Kier alpha value is -0.910. The minimum Gasteiger partial charge on any atom is -0.496 e. The van der Waals surface area contributed by atoms with Gasteiger partial charge in [-0.25, -0.2) is 4.39 Å². The molecule has 1 atom stereocenters. The standard InChI is InChI=1S/C16H16Br2FNO/c1-3-20-16(12-9-11(17)5-6-14(12)19)10-4-7-15(21-2)13(18)8-10/h4-9,16,20H,3H2,1-2H3. The molecule has 2 nitrogen and oxygen atoms in total. The minimum atomic E-state index is -0.226. The van der Waals surface area contributed by atoms with Gasteiger partial charge in [0.25, 0.3) is 0 Å².